The van der Waals surface area contributed by atoms with Crippen molar-refractivity contribution < 1.29 is 4.79 Å². The summed E-state index contributed by atoms with van der Waals surface area (Å²) in [5.74, 6) is 0.0303. The molecule has 1 amide bonds. The molecular formula is C15H22BrN3O. The van der Waals surface area contributed by atoms with Crippen molar-refractivity contribution in [2.24, 2.45) is 0 Å². The standard InChI is InChI=1S/C15H22BrN3O/c1-3-12-6-4-10(2)19(12)9-15(20)18-14-7-5-11(17)8-13(14)16/h5,7-8,10,12H,3-4,6,9,17H2,1-2H3,(H,18,20). The summed E-state index contributed by atoms with van der Waals surface area (Å²) in [6.07, 6.45) is 3.47. The maximum atomic E-state index is 12.2. The van der Waals surface area contributed by atoms with Crippen LogP contribution in [0.15, 0.2) is 22.7 Å². The van der Waals surface area contributed by atoms with E-state index in [1.807, 2.05) is 6.07 Å². The highest BCUT2D eigenvalue weighted by Crippen LogP contribution is 2.27. The van der Waals surface area contributed by atoms with E-state index in [1.165, 1.54) is 12.8 Å². The van der Waals surface area contributed by atoms with E-state index < -0.39 is 0 Å². The Morgan fingerprint density at radius 3 is 2.90 bits per heavy atom. The molecule has 1 aromatic rings. The smallest absolute Gasteiger partial charge is 0.238 e. The van der Waals surface area contributed by atoms with E-state index in [0.29, 0.717) is 24.3 Å². The molecule has 2 rings (SSSR count). The number of rotatable bonds is 4. The summed E-state index contributed by atoms with van der Waals surface area (Å²) in [6, 6.07) is 6.42. The summed E-state index contributed by atoms with van der Waals surface area (Å²) >= 11 is 3.42. The fourth-order valence-corrected chi connectivity index (χ4v) is 3.33. The second-order valence-corrected chi connectivity index (χ2v) is 6.30. The summed E-state index contributed by atoms with van der Waals surface area (Å²) in [4.78, 5) is 14.5. The first-order valence-corrected chi connectivity index (χ1v) is 7.91. The molecule has 0 radical (unpaired) electrons. The molecule has 1 saturated heterocycles. The monoisotopic (exact) mass is 339 g/mol. The number of nitrogens with zero attached hydrogens (tertiary/aromatic N) is 1. The van der Waals surface area contributed by atoms with Gasteiger partial charge in [0.1, 0.15) is 0 Å². The van der Waals surface area contributed by atoms with Gasteiger partial charge in [-0.25, -0.2) is 0 Å². The Kier molecular flexibility index (Phi) is 5.05. The fourth-order valence-electron chi connectivity index (χ4n) is 2.84. The lowest BCUT2D eigenvalue weighted by atomic mass is 10.1. The first-order valence-electron chi connectivity index (χ1n) is 7.12. The number of halogens is 1. The number of hydrogen-bond donors (Lipinski definition) is 2. The second-order valence-electron chi connectivity index (χ2n) is 5.45. The van der Waals surface area contributed by atoms with Gasteiger partial charge < -0.3 is 11.1 Å². The van der Waals surface area contributed by atoms with Gasteiger partial charge in [0, 0.05) is 22.2 Å². The van der Waals surface area contributed by atoms with Crippen LogP contribution in [-0.4, -0.2) is 29.4 Å². The Balaban J connectivity index is 1.98. The largest absolute Gasteiger partial charge is 0.399 e. The first kappa shape index (κ1) is 15.3. The van der Waals surface area contributed by atoms with Crippen LogP contribution in [0.4, 0.5) is 11.4 Å². The van der Waals surface area contributed by atoms with Gasteiger partial charge in [0.05, 0.1) is 12.2 Å². The van der Waals surface area contributed by atoms with Crippen molar-refractivity contribution in [2.75, 3.05) is 17.6 Å². The molecule has 2 atom stereocenters. The molecule has 3 N–H and O–H groups in total. The molecule has 4 nitrogen and oxygen atoms in total. The van der Waals surface area contributed by atoms with E-state index in [-0.39, 0.29) is 5.91 Å². The molecule has 2 unspecified atom stereocenters. The number of likely N-dealkylation sites (tertiary alicyclic amines) is 1. The number of anilines is 2. The highest BCUT2D eigenvalue weighted by Gasteiger charge is 2.30. The summed E-state index contributed by atoms with van der Waals surface area (Å²) in [7, 11) is 0. The predicted octanol–water partition coefficient (Wildman–Crippen LogP) is 3.23. The lowest BCUT2D eigenvalue weighted by Crippen LogP contribution is -2.40. The Hall–Kier alpha value is -1.07. The Morgan fingerprint density at radius 1 is 1.50 bits per heavy atom. The number of nitrogens with two attached hydrogens (primary N) is 1. The molecule has 0 spiro atoms. The topological polar surface area (TPSA) is 58.4 Å². The highest BCUT2D eigenvalue weighted by molar-refractivity contribution is 9.10. The quantitative estimate of drug-likeness (QED) is 0.828. The summed E-state index contributed by atoms with van der Waals surface area (Å²) in [5.41, 5.74) is 7.14. The van der Waals surface area contributed by atoms with Gasteiger partial charge in [0.25, 0.3) is 0 Å². The van der Waals surface area contributed by atoms with Crippen LogP contribution >= 0.6 is 15.9 Å². The molecule has 0 aromatic heterocycles. The third kappa shape index (κ3) is 3.52. The molecule has 20 heavy (non-hydrogen) atoms. The zero-order valence-corrected chi connectivity index (χ0v) is 13.6. The zero-order chi connectivity index (χ0) is 14.7. The van der Waals surface area contributed by atoms with Gasteiger partial charge in [-0.15, -0.1) is 0 Å². The number of hydrogen-bond acceptors (Lipinski definition) is 3. The Morgan fingerprint density at radius 2 is 2.25 bits per heavy atom. The van der Waals surface area contributed by atoms with Crippen LogP contribution in [0.5, 0.6) is 0 Å². The maximum Gasteiger partial charge on any atom is 0.238 e. The Labute approximate surface area is 128 Å². The zero-order valence-electron chi connectivity index (χ0n) is 12.0. The van der Waals surface area contributed by atoms with Gasteiger partial charge in [0.2, 0.25) is 5.91 Å². The van der Waals surface area contributed by atoms with E-state index in [2.05, 4.69) is 40.0 Å². The number of nitrogen functional groups attached to an aromatic ring is 1. The SMILES string of the molecule is CCC1CCC(C)N1CC(=O)Nc1ccc(N)cc1Br. The van der Waals surface area contributed by atoms with E-state index in [1.54, 1.807) is 12.1 Å². The Bertz CT molecular complexity index is 492. The minimum atomic E-state index is 0.0303. The van der Waals surface area contributed by atoms with Crippen molar-refractivity contribution in [1.82, 2.24) is 4.90 Å². The normalized spacial score (nSPS) is 22.9. The van der Waals surface area contributed by atoms with Crippen molar-refractivity contribution in [3.05, 3.63) is 22.7 Å². The van der Waals surface area contributed by atoms with Crippen molar-refractivity contribution in [3.8, 4) is 0 Å². The second kappa shape index (κ2) is 6.59. The minimum Gasteiger partial charge on any atom is -0.399 e. The molecule has 0 aliphatic carbocycles. The average Bonchev–Trinajstić information content (AvgIpc) is 2.74. The fraction of sp³-hybridized carbons (Fsp3) is 0.533. The van der Waals surface area contributed by atoms with Gasteiger partial charge in [-0.1, -0.05) is 6.92 Å². The molecule has 1 aliphatic heterocycles. The number of nitrogens with one attached hydrogen (secondary N) is 1. The minimum absolute atomic E-state index is 0.0303. The molecule has 1 aliphatic rings. The van der Waals surface area contributed by atoms with E-state index >= 15 is 0 Å². The van der Waals surface area contributed by atoms with E-state index in [9.17, 15) is 4.79 Å². The number of carbonyl (C=O) groups is 1. The van der Waals surface area contributed by atoms with E-state index in [4.69, 9.17) is 5.73 Å². The van der Waals surface area contributed by atoms with Crippen LogP contribution in [0.25, 0.3) is 0 Å². The molecule has 5 heteroatoms. The first-order chi connectivity index (χ1) is 9.51. The molecule has 110 valence electrons. The van der Waals surface area contributed by atoms with Crippen molar-refractivity contribution >= 4 is 33.2 Å². The van der Waals surface area contributed by atoms with Crippen LogP contribution in [0.3, 0.4) is 0 Å². The lowest BCUT2D eigenvalue weighted by molar-refractivity contribution is -0.118. The van der Waals surface area contributed by atoms with Crippen molar-refractivity contribution in [3.63, 3.8) is 0 Å². The number of amides is 1. The van der Waals surface area contributed by atoms with Crippen molar-refractivity contribution in [1.29, 1.82) is 0 Å². The third-order valence-electron chi connectivity index (χ3n) is 4.02. The van der Waals surface area contributed by atoms with Gasteiger partial charge in [-0.2, -0.15) is 0 Å². The molecule has 1 heterocycles. The van der Waals surface area contributed by atoms with Crippen LogP contribution in [0.2, 0.25) is 0 Å². The number of carbonyl (C=O) groups excluding carboxylic acids is 1. The van der Waals surface area contributed by atoms with E-state index in [0.717, 1.165) is 16.6 Å². The van der Waals surface area contributed by atoms with Crippen LogP contribution in [0, 0.1) is 0 Å². The van der Waals surface area contributed by atoms with Gasteiger partial charge in [-0.3, -0.25) is 9.69 Å². The van der Waals surface area contributed by atoms with Gasteiger partial charge >= 0.3 is 0 Å². The number of benzene rings is 1. The predicted molar refractivity (Wildman–Crippen MR) is 86.7 cm³/mol. The summed E-state index contributed by atoms with van der Waals surface area (Å²) < 4.78 is 0.812. The molecule has 0 bridgehead atoms. The molecule has 1 aromatic carbocycles. The average molecular weight is 340 g/mol. The van der Waals surface area contributed by atoms with Gasteiger partial charge in [-0.05, 0) is 60.3 Å². The lowest BCUT2D eigenvalue weighted by Gasteiger charge is -2.26. The molecule has 1 fully saturated rings. The maximum absolute atomic E-state index is 12.2. The van der Waals surface area contributed by atoms with Crippen LogP contribution in [0.1, 0.15) is 33.1 Å². The van der Waals surface area contributed by atoms with Crippen LogP contribution < -0.4 is 11.1 Å². The van der Waals surface area contributed by atoms with Gasteiger partial charge in [0.15, 0.2) is 0 Å². The summed E-state index contributed by atoms with van der Waals surface area (Å²) in [6.45, 7) is 4.84. The van der Waals surface area contributed by atoms with Crippen LogP contribution in [-0.2, 0) is 4.79 Å². The third-order valence-corrected chi connectivity index (χ3v) is 4.67. The molecule has 0 saturated carbocycles. The highest BCUT2D eigenvalue weighted by atomic mass is 79.9. The molecular weight excluding hydrogens is 318 g/mol. The summed E-state index contributed by atoms with van der Waals surface area (Å²) in [5, 5.41) is 2.95. The van der Waals surface area contributed by atoms with Crippen molar-refractivity contribution in [2.45, 2.75) is 45.2 Å².